The number of carbonyl (C=O) groups is 1. The molecule has 3 aromatic rings. The van der Waals surface area contributed by atoms with Gasteiger partial charge in [-0.2, -0.15) is 0 Å². The van der Waals surface area contributed by atoms with Crippen molar-refractivity contribution in [3.05, 3.63) is 56.5 Å². The van der Waals surface area contributed by atoms with Gasteiger partial charge < -0.3 is 9.88 Å². The molecule has 0 radical (unpaired) electrons. The number of hydrogen-bond acceptors (Lipinski definition) is 5. The second-order valence-corrected chi connectivity index (χ2v) is 8.18. The van der Waals surface area contributed by atoms with E-state index >= 15 is 0 Å². The van der Waals surface area contributed by atoms with Crippen molar-refractivity contribution in [1.82, 2.24) is 14.8 Å². The molecule has 0 spiro atoms. The molecule has 1 amide bonds. The minimum atomic E-state index is -0.176. The normalized spacial score (nSPS) is 10.9. The molecule has 9 heteroatoms. The van der Waals surface area contributed by atoms with Crippen LogP contribution < -0.4 is 5.32 Å². The lowest BCUT2D eigenvalue weighted by Gasteiger charge is -2.08. The Morgan fingerprint density at radius 3 is 2.88 bits per heavy atom. The molecule has 26 heavy (non-hydrogen) atoms. The monoisotopic (exact) mass is 426 g/mol. The van der Waals surface area contributed by atoms with E-state index in [1.54, 1.807) is 29.5 Å². The lowest BCUT2D eigenvalue weighted by atomic mass is 10.3. The van der Waals surface area contributed by atoms with E-state index < -0.39 is 0 Å². The average Bonchev–Trinajstić information content (AvgIpc) is 3.26. The summed E-state index contributed by atoms with van der Waals surface area (Å²) >= 11 is 15.0. The fourth-order valence-electron chi connectivity index (χ4n) is 2.35. The summed E-state index contributed by atoms with van der Waals surface area (Å²) in [6.07, 6.45) is 0.739. The van der Waals surface area contributed by atoms with Crippen LogP contribution in [-0.4, -0.2) is 26.4 Å². The third kappa shape index (κ3) is 4.79. The molecule has 1 aromatic carbocycles. The van der Waals surface area contributed by atoms with Crippen molar-refractivity contribution in [2.45, 2.75) is 25.0 Å². The zero-order valence-corrected chi connectivity index (χ0v) is 17.1. The molecule has 136 valence electrons. The standard InChI is InChI=1S/C17H16Cl2N4OS2/c1-2-23-15(9-12-4-3-7-25-12)21-22-17(23)26-10-16(24)20-14-8-11(18)5-6-13(14)19/h3-8H,2,9-10H2,1H3,(H,20,24). The van der Waals surface area contributed by atoms with Crippen LogP contribution in [0.2, 0.25) is 10.0 Å². The fraction of sp³-hybridized carbons (Fsp3) is 0.235. The number of aromatic nitrogens is 3. The molecule has 0 saturated heterocycles. The first kappa shape index (κ1) is 19.2. The van der Waals surface area contributed by atoms with E-state index in [2.05, 4.69) is 21.6 Å². The molecule has 1 N–H and O–H groups in total. The molecular formula is C17H16Cl2N4OS2. The number of thioether (sulfide) groups is 1. The summed E-state index contributed by atoms with van der Waals surface area (Å²) in [5, 5.41) is 15.0. The Hall–Kier alpha value is -1.54. The molecule has 2 heterocycles. The van der Waals surface area contributed by atoms with Gasteiger partial charge in [-0.3, -0.25) is 4.79 Å². The molecule has 0 aliphatic heterocycles. The Morgan fingerprint density at radius 1 is 1.31 bits per heavy atom. The Morgan fingerprint density at radius 2 is 2.15 bits per heavy atom. The highest BCUT2D eigenvalue weighted by Crippen LogP contribution is 2.26. The Balaban J connectivity index is 1.63. The van der Waals surface area contributed by atoms with Gasteiger partial charge in [0.05, 0.1) is 16.5 Å². The first-order valence-electron chi connectivity index (χ1n) is 7.89. The lowest BCUT2D eigenvalue weighted by Crippen LogP contribution is -2.15. The second-order valence-electron chi connectivity index (χ2n) is 5.36. The largest absolute Gasteiger partial charge is 0.324 e. The SMILES string of the molecule is CCn1c(Cc2cccs2)nnc1SCC(=O)Nc1cc(Cl)ccc1Cl. The molecule has 0 fully saturated rings. The molecule has 0 atom stereocenters. The summed E-state index contributed by atoms with van der Waals surface area (Å²) in [7, 11) is 0. The molecule has 3 rings (SSSR count). The Labute approximate surface area is 169 Å². The van der Waals surface area contributed by atoms with Crippen LogP contribution in [0, 0.1) is 0 Å². The van der Waals surface area contributed by atoms with Crippen LogP contribution in [0.5, 0.6) is 0 Å². The highest BCUT2D eigenvalue weighted by Gasteiger charge is 2.14. The molecule has 0 saturated carbocycles. The van der Waals surface area contributed by atoms with E-state index in [1.165, 1.54) is 16.6 Å². The number of benzene rings is 1. The summed E-state index contributed by atoms with van der Waals surface area (Å²) in [4.78, 5) is 13.5. The van der Waals surface area contributed by atoms with E-state index in [9.17, 15) is 4.79 Å². The summed E-state index contributed by atoms with van der Waals surface area (Å²) in [6.45, 7) is 2.79. The molecule has 0 bridgehead atoms. The van der Waals surface area contributed by atoms with Gasteiger partial charge in [0.25, 0.3) is 0 Å². The summed E-state index contributed by atoms with van der Waals surface area (Å²) in [5.41, 5.74) is 0.500. The van der Waals surface area contributed by atoms with Gasteiger partial charge in [0, 0.05) is 22.9 Å². The zero-order chi connectivity index (χ0) is 18.5. The molecule has 5 nitrogen and oxygen atoms in total. The lowest BCUT2D eigenvalue weighted by molar-refractivity contribution is -0.113. The fourth-order valence-corrected chi connectivity index (χ4v) is 4.21. The van der Waals surface area contributed by atoms with Crippen LogP contribution in [-0.2, 0) is 17.8 Å². The van der Waals surface area contributed by atoms with Crippen molar-refractivity contribution < 1.29 is 4.79 Å². The minimum absolute atomic E-state index is 0.176. The topological polar surface area (TPSA) is 59.8 Å². The Bertz CT molecular complexity index is 896. The number of halogens is 2. The number of carbonyl (C=O) groups excluding carboxylic acids is 1. The summed E-state index contributed by atoms with van der Waals surface area (Å²) < 4.78 is 2.03. The number of nitrogens with one attached hydrogen (secondary N) is 1. The van der Waals surface area contributed by atoms with E-state index in [4.69, 9.17) is 23.2 Å². The molecule has 0 aliphatic rings. The number of thiophene rings is 1. The molecule has 2 aromatic heterocycles. The van der Waals surface area contributed by atoms with Crippen molar-refractivity contribution in [2.24, 2.45) is 0 Å². The number of hydrogen-bond donors (Lipinski definition) is 1. The van der Waals surface area contributed by atoms with E-state index in [0.29, 0.717) is 15.7 Å². The van der Waals surface area contributed by atoms with Crippen LogP contribution in [0.4, 0.5) is 5.69 Å². The van der Waals surface area contributed by atoms with Gasteiger partial charge in [-0.15, -0.1) is 21.5 Å². The maximum atomic E-state index is 12.2. The van der Waals surface area contributed by atoms with Crippen LogP contribution in [0.15, 0.2) is 40.9 Å². The summed E-state index contributed by atoms with van der Waals surface area (Å²) in [5.74, 6) is 0.931. The maximum Gasteiger partial charge on any atom is 0.234 e. The van der Waals surface area contributed by atoms with Gasteiger partial charge in [-0.25, -0.2) is 0 Å². The zero-order valence-electron chi connectivity index (χ0n) is 13.9. The van der Waals surface area contributed by atoms with Crippen molar-refractivity contribution in [3.8, 4) is 0 Å². The number of anilines is 1. The smallest absolute Gasteiger partial charge is 0.234 e. The van der Waals surface area contributed by atoms with Gasteiger partial charge >= 0.3 is 0 Å². The van der Waals surface area contributed by atoms with Gasteiger partial charge in [-0.05, 0) is 36.6 Å². The molecule has 0 aliphatic carbocycles. The van der Waals surface area contributed by atoms with Crippen molar-refractivity contribution >= 4 is 57.9 Å². The molecule has 0 unspecified atom stereocenters. The third-order valence-corrected chi connectivity index (χ3v) is 5.96. The summed E-state index contributed by atoms with van der Waals surface area (Å²) in [6, 6.07) is 9.05. The van der Waals surface area contributed by atoms with E-state index in [1.807, 2.05) is 22.9 Å². The predicted molar refractivity (Wildman–Crippen MR) is 109 cm³/mol. The van der Waals surface area contributed by atoms with Crippen molar-refractivity contribution in [2.75, 3.05) is 11.1 Å². The highest BCUT2D eigenvalue weighted by molar-refractivity contribution is 7.99. The maximum absolute atomic E-state index is 12.2. The average molecular weight is 427 g/mol. The van der Waals surface area contributed by atoms with Crippen LogP contribution in [0.25, 0.3) is 0 Å². The number of rotatable bonds is 7. The number of nitrogens with zero attached hydrogens (tertiary/aromatic N) is 3. The molecular weight excluding hydrogens is 411 g/mol. The van der Waals surface area contributed by atoms with Crippen LogP contribution in [0.1, 0.15) is 17.6 Å². The predicted octanol–water partition coefficient (Wildman–Crippen LogP) is 4.99. The van der Waals surface area contributed by atoms with E-state index in [0.717, 1.165) is 23.9 Å². The van der Waals surface area contributed by atoms with Crippen LogP contribution in [0.3, 0.4) is 0 Å². The van der Waals surface area contributed by atoms with Gasteiger partial charge in [-0.1, -0.05) is 41.0 Å². The van der Waals surface area contributed by atoms with Gasteiger partial charge in [0.1, 0.15) is 5.82 Å². The van der Waals surface area contributed by atoms with Gasteiger partial charge in [0.2, 0.25) is 5.91 Å². The second kappa shape index (κ2) is 8.90. The Kier molecular flexibility index (Phi) is 6.58. The first-order valence-corrected chi connectivity index (χ1v) is 10.5. The van der Waals surface area contributed by atoms with Crippen LogP contribution >= 0.6 is 46.3 Å². The number of amides is 1. The van der Waals surface area contributed by atoms with Crippen molar-refractivity contribution in [1.29, 1.82) is 0 Å². The minimum Gasteiger partial charge on any atom is -0.324 e. The third-order valence-electron chi connectivity index (χ3n) is 3.56. The first-order chi connectivity index (χ1) is 12.6. The highest BCUT2D eigenvalue weighted by atomic mass is 35.5. The van der Waals surface area contributed by atoms with Crippen molar-refractivity contribution in [3.63, 3.8) is 0 Å². The quantitative estimate of drug-likeness (QED) is 0.540. The van der Waals surface area contributed by atoms with E-state index in [-0.39, 0.29) is 11.7 Å². The van der Waals surface area contributed by atoms with Gasteiger partial charge in [0.15, 0.2) is 5.16 Å².